The van der Waals surface area contributed by atoms with Gasteiger partial charge in [0, 0.05) is 10.8 Å². The van der Waals surface area contributed by atoms with Crippen molar-refractivity contribution < 1.29 is 4.74 Å². The summed E-state index contributed by atoms with van der Waals surface area (Å²) >= 11 is 7.59. The molecule has 1 aromatic rings. The fourth-order valence-electron chi connectivity index (χ4n) is 1.40. The maximum Gasteiger partial charge on any atom is 0.119 e. The number of hydrogen-bond acceptors (Lipinski definition) is 2. The van der Waals surface area contributed by atoms with Crippen LogP contribution in [0.5, 0.6) is 5.75 Å². The molecule has 0 bridgehead atoms. The molecule has 1 nitrogen and oxygen atoms in total. The summed E-state index contributed by atoms with van der Waals surface area (Å²) < 4.78 is 5.19. The molecule has 90 valence electrons. The van der Waals surface area contributed by atoms with Crippen molar-refractivity contribution in [3.05, 3.63) is 24.3 Å². The van der Waals surface area contributed by atoms with Crippen LogP contribution in [0.1, 0.15) is 19.8 Å². The Labute approximate surface area is 108 Å². The molecule has 0 spiro atoms. The number of ether oxygens (including phenoxy) is 1. The normalized spacial score (nSPS) is 12.4. The topological polar surface area (TPSA) is 9.23 Å². The van der Waals surface area contributed by atoms with E-state index in [0.29, 0.717) is 0 Å². The van der Waals surface area contributed by atoms with Gasteiger partial charge >= 0.3 is 0 Å². The first-order valence-electron chi connectivity index (χ1n) is 5.59. The van der Waals surface area contributed by atoms with E-state index in [0.717, 1.165) is 29.7 Å². The largest absolute Gasteiger partial charge is 0.497 e. The van der Waals surface area contributed by atoms with Gasteiger partial charge in [0.25, 0.3) is 0 Å². The lowest BCUT2D eigenvalue weighted by molar-refractivity contribution is 0.413. The predicted molar refractivity (Wildman–Crippen MR) is 72.8 cm³/mol. The number of hydrogen-bond donors (Lipinski definition) is 0. The first kappa shape index (κ1) is 13.7. The number of benzene rings is 1. The third-order valence-electron chi connectivity index (χ3n) is 2.52. The van der Waals surface area contributed by atoms with E-state index in [2.05, 4.69) is 19.1 Å². The summed E-state index contributed by atoms with van der Waals surface area (Å²) in [7, 11) is 1.70. The summed E-state index contributed by atoms with van der Waals surface area (Å²) in [6, 6.07) is 8.21. The third-order valence-corrected chi connectivity index (χ3v) is 3.77. The van der Waals surface area contributed by atoms with Gasteiger partial charge in [0.1, 0.15) is 5.75 Å². The van der Waals surface area contributed by atoms with Crippen LogP contribution in [0.25, 0.3) is 0 Å². The van der Waals surface area contributed by atoms with E-state index < -0.39 is 0 Å². The zero-order valence-corrected chi connectivity index (χ0v) is 11.5. The van der Waals surface area contributed by atoms with E-state index in [1.54, 1.807) is 7.11 Å². The van der Waals surface area contributed by atoms with E-state index in [9.17, 15) is 0 Å². The number of alkyl halides is 1. The Morgan fingerprint density at radius 2 is 2.19 bits per heavy atom. The van der Waals surface area contributed by atoms with Crippen molar-refractivity contribution in [2.45, 2.75) is 24.7 Å². The van der Waals surface area contributed by atoms with Gasteiger partial charge in [-0.15, -0.1) is 23.4 Å². The van der Waals surface area contributed by atoms with E-state index >= 15 is 0 Å². The van der Waals surface area contributed by atoms with Crippen LogP contribution in [0, 0.1) is 5.92 Å². The molecule has 0 aliphatic heterocycles. The standard InChI is InChI=1S/C13H19ClOS/c1-11(6-8-14)7-9-16-13-5-3-4-12(10-13)15-2/h3-5,10-11H,6-9H2,1-2H3. The fraction of sp³-hybridized carbons (Fsp3) is 0.538. The predicted octanol–water partition coefficient (Wildman–Crippen LogP) is 4.44. The second-order valence-corrected chi connectivity index (χ2v) is 5.45. The van der Waals surface area contributed by atoms with Gasteiger partial charge in [0.05, 0.1) is 7.11 Å². The molecule has 1 unspecified atom stereocenters. The third kappa shape index (κ3) is 5.13. The quantitative estimate of drug-likeness (QED) is 0.528. The highest BCUT2D eigenvalue weighted by Crippen LogP contribution is 2.24. The summed E-state index contributed by atoms with van der Waals surface area (Å²) in [6.07, 6.45) is 2.33. The average molecular weight is 259 g/mol. The Balaban J connectivity index is 2.31. The van der Waals surface area contributed by atoms with Gasteiger partial charge in [-0.25, -0.2) is 0 Å². The molecule has 16 heavy (non-hydrogen) atoms. The Hall–Kier alpha value is -0.340. The lowest BCUT2D eigenvalue weighted by Gasteiger charge is -2.09. The molecule has 0 saturated carbocycles. The summed E-state index contributed by atoms with van der Waals surface area (Å²) in [5, 5.41) is 0. The SMILES string of the molecule is COc1cccc(SCCC(C)CCCl)c1. The Morgan fingerprint density at radius 1 is 1.38 bits per heavy atom. The molecular formula is C13H19ClOS. The van der Waals surface area contributed by atoms with Crippen molar-refractivity contribution in [2.75, 3.05) is 18.7 Å². The summed E-state index contributed by atoms with van der Waals surface area (Å²) in [6.45, 7) is 2.26. The van der Waals surface area contributed by atoms with Crippen molar-refractivity contribution in [2.24, 2.45) is 5.92 Å². The Kier molecular flexibility index (Phi) is 6.74. The first-order chi connectivity index (χ1) is 7.76. The summed E-state index contributed by atoms with van der Waals surface area (Å²) in [5.74, 6) is 3.56. The molecule has 0 fully saturated rings. The van der Waals surface area contributed by atoms with Gasteiger partial charge in [0.2, 0.25) is 0 Å². The van der Waals surface area contributed by atoms with E-state index in [1.807, 2.05) is 23.9 Å². The monoisotopic (exact) mass is 258 g/mol. The lowest BCUT2D eigenvalue weighted by atomic mass is 10.1. The van der Waals surface area contributed by atoms with E-state index in [4.69, 9.17) is 16.3 Å². The van der Waals surface area contributed by atoms with E-state index in [-0.39, 0.29) is 0 Å². The van der Waals surface area contributed by atoms with Gasteiger partial charge < -0.3 is 4.74 Å². The van der Waals surface area contributed by atoms with Crippen LogP contribution in [-0.2, 0) is 0 Å². The van der Waals surface area contributed by atoms with Gasteiger partial charge in [-0.3, -0.25) is 0 Å². The molecule has 0 heterocycles. The van der Waals surface area contributed by atoms with Crippen molar-refractivity contribution in [1.82, 2.24) is 0 Å². The zero-order valence-electron chi connectivity index (χ0n) is 9.91. The highest BCUT2D eigenvalue weighted by atomic mass is 35.5. The molecule has 1 aromatic carbocycles. The number of methoxy groups -OCH3 is 1. The Bertz CT molecular complexity index is 304. The van der Waals surface area contributed by atoms with Gasteiger partial charge in [0.15, 0.2) is 0 Å². The van der Waals surface area contributed by atoms with Crippen LogP contribution in [-0.4, -0.2) is 18.7 Å². The molecule has 3 heteroatoms. The summed E-state index contributed by atoms with van der Waals surface area (Å²) in [5.41, 5.74) is 0. The van der Waals surface area contributed by atoms with Crippen molar-refractivity contribution in [3.8, 4) is 5.75 Å². The van der Waals surface area contributed by atoms with Gasteiger partial charge in [-0.05, 0) is 42.7 Å². The lowest BCUT2D eigenvalue weighted by Crippen LogP contribution is -1.97. The molecule has 0 aromatic heterocycles. The molecule has 0 radical (unpaired) electrons. The van der Waals surface area contributed by atoms with Crippen LogP contribution in [0.4, 0.5) is 0 Å². The van der Waals surface area contributed by atoms with Crippen molar-refractivity contribution in [3.63, 3.8) is 0 Å². The van der Waals surface area contributed by atoms with Crippen molar-refractivity contribution >= 4 is 23.4 Å². The average Bonchev–Trinajstić information content (AvgIpc) is 2.30. The Morgan fingerprint density at radius 3 is 2.88 bits per heavy atom. The van der Waals surface area contributed by atoms with Crippen LogP contribution in [0.3, 0.4) is 0 Å². The molecule has 0 N–H and O–H groups in total. The molecule has 0 aliphatic carbocycles. The first-order valence-corrected chi connectivity index (χ1v) is 7.11. The molecule has 1 rings (SSSR count). The number of rotatable bonds is 7. The van der Waals surface area contributed by atoms with Crippen LogP contribution >= 0.6 is 23.4 Å². The van der Waals surface area contributed by atoms with Crippen molar-refractivity contribution in [1.29, 1.82) is 0 Å². The second kappa shape index (κ2) is 7.86. The highest BCUT2D eigenvalue weighted by Gasteiger charge is 2.02. The fourth-order valence-corrected chi connectivity index (χ4v) is 2.90. The highest BCUT2D eigenvalue weighted by molar-refractivity contribution is 7.99. The van der Waals surface area contributed by atoms with Gasteiger partial charge in [-0.1, -0.05) is 13.0 Å². The molecule has 0 aliphatic rings. The number of thioether (sulfide) groups is 1. The molecule has 0 saturated heterocycles. The molecule has 0 amide bonds. The molecular weight excluding hydrogens is 240 g/mol. The van der Waals surface area contributed by atoms with E-state index in [1.165, 1.54) is 11.3 Å². The minimum Gasteiger partial charge on any atom is -0.497 e. The zero-order chi connectivity index (χ0) is 11.8. The summed E-state index contributed by atoms with van der Waals surface area (Å²) in [4.78, 5) is 1.28. The second-order valence-electron chi connectivity index (χ2n) is 3.90. The van der Waals surface area contributed by atoms with Crippen LogP contribution in [0.2, 0.25) is 0 Å². The maximum absolute atomic E-state index is 5.71. The van der Waals surface area contributed by atoms with Gasteiger partial charge in [-0.2, -0.15) is 0 Å². The van der Waals surface area contributed by atoms with Crippen LogP contribution in [0.15, 0.2) is 29.2 Å². The number of halogens is 1. The smallest absolute Gasteiger partial charge is 0.119 e. The minimum absolute atomic E-state index is 0.718. The minimum atomic E-state index is 0.718. The van der Waals surface area contributed by atoms with Crippen LogP contribution < -0.4 is 4.74 Å². The molecule has 1 atom stereocenters. The maximum atomic E-state index is 5.71.